The van der Waals surface area contributed by atoms with E-state index in [0.29, 0.717) is 17.3 Å². The Kier molecular flexibility index (Phi) is 5.44. The molecule has 17 heavy (non-hydrogen) atoms. The standard InChI is InChI=1S/C14H29N3/c1-4-5-6-9-17(12(2)3)11-14(7-8-14)10-13(15)16/h12H,4-11H2,1-3H3,(H3,15,16). The quantitative estimate of drug-likeness (QED) is 0.369. The maximum absolute atomic E-state index is 7.47. The van der Waals surface area contributed by atoms with Gasteiger partial charge in [-0.15, -0.1) is 0 Å². The maximum Gasteiger partial charge on any atom is 0.0911 e. The molecule has 0 bridgehead atoms. The summed E-state index contributed by atoms with van der Waals surface area (Å²) < 4.78 is 0. The van der Waals surface area contributed by atoms with Gasteiger partial charge in [0.25, 0.3) is 0 Å². The van der Waals surface area contributed by atoms with Crippen molar-refractivity contribution >= 4 is 5.84 Å². The molecular weight excluding hydrogens is 210 g/mol. The Morgan fingerprint density at radius 2 is 2.00 bits per heavy atom. The topological polar surface area (TPSA) is 53.1 Å². The number of nitrogens with two attached hydrogens (primary N) is 1. The van der Waals surface area contributed by atoms with Crippen molar-refractivity contribution in [3.05, 3.63) is 0 Å². The van der Waals surface area contributed by atoms with Gasteiger partial charge in [0, 0.05) is 19.0 Å². The largest absolute Gasteiger partial charge is 0.388 e. The number of hydrogen-bond acceptors (Lipinski definition) is 2. The van der Waals surface area contributed by atoms with Gasteiger partial charge in [-0.2, -0.15) is 0 Å². The molecule has 0 aromatic heterocycles. The normalized spacial score (nSPS) is 17.7. The molecule has 0 aliphatic heterocycles. The van der Waals surface area contributed by atoms with E-state index in [2.05, 4.69) is 25.7 Å². The summed E-state index contributed by atoms with van der Waals surface area (Å²) in [5, 5.41) is 7.47. The number of hydrogen-bond donors (Lipinski definition) is 2. The highest BCUT2D eigenvalue weighted by molar-refractivity contribution is 5.78. The zero-order valence-electron chi connectivity index (χ0n) is 11.8. The van der Waals surface area contributed by atoms with E-state index in [4.69, 9.17) is 11.1 Å². The number of rotatable bonds is 9. The second kappa shape index (κ2) is 6.39. The van der Waals surface area contributed by atoms with E-state index < -0.39 is 0 Å². The SMILES string of the molecule is CCCCCN(CC1(CC(=N)N)CC1)C(C)C. The van der Waals surface area contributed by atoms with Crippen molar-refractivity contribution in [1.29, 1.82) is 5.41 Å². The summed E-state index contributed by atoms with van der Waals surface area (Å²) in [4.78, 5) is 2.58. The second-order valence-electron chi connectivity index (χ2n) is 5.97. The number of nitrogens with zero attached hydrogens (tertiary/aromatic N) is 1. The molecule has 3 nitrogen and oxygen atoms in total. The minimum absolute atomic E-state index is 0.350. The van der Waals surface area contributed by atoms with Gasteiger partial charge >= 0.3 is 0 Å². The van der Waals surface area contributed by atoms with Gasteiger partial charge in [0.1, 0.15) is 0 Å². The molecule has 3 N–H and O–H groups in total. The van der Waals surface area contributed by atoms with Crippen LogP contribution in [0.2, 0.25) is 0 Å². The van der Waals surface area contributed by atoms with Gasteiger partial charge in [-0.1, -0.05) is 19.8 Å². The Hall–Kier alpha value is -0.570. The molecule has 1 saturated carbocycles. The highest BCUT2D eigenvalue weighted by Gasteiger charge is 2.44. The average Bonchev–Trinajstić information content (AvgIpc) is 2.95. The van der Waals surface area contributed by atoms with Crippen LogP contribution in [0.4, 0.5) is 0 Å². The first kappa shape index (κ1) is 14.5. The van der Waals surface area contributed by atoms with Gasteiger partial charge < -0.3 is 10.6 Å². The molecule has 0 heterocycles. The van der Waals surface area contributed by atoms with Crippen LogP contribution >= 0.6 is 0 Å². The zero-order chi connectivity index (χ0) is 12.9. The van der Waals surface area contributed by atoms with Crippen molar-refractivity contribution in [2.75, 3.05) is 13.1 Å². The molecule has 1 rings (SSSR count). The van der Waals surface area contributed by atoms with E-state index in [1.54, 1.807) is 0 Å². The fourth-order valence-corrected chi connectivity index (χ4v) is 2.49. The maximum atomic E-state index is 7.47. The van der Waals surface area contributed by atoms with Crippen LogP contribution in [-0.2, 0) is 0 Å². The van der Waals surface area contributed by atoms with E-state index in [1.807, 2.05) is 0 Å². The fraction of sp³-hybridized carbons (Fsp3) is 0.929. The van der Waals surface area contributed by atoms with Gasteiger partial charge in [-0.25, -0.2) is 0 Å². The van der Waals surface area contributed by atoms with Gasteiger partial charge in [0.15, 0.2) is 0 Å². The molecule has 0 saturated heterocycles. The van der Waals surface area contributed by atoms with E-state index >= 15 is 0 Å². The van der Waals surface area contributed by atoms with Crippen LogP contribution in [-0.4, -0.2) is 29.9 Å². The van der Waals surface area contributed by atoms with E-state index in [0.717, 1.165) is 13.0 Å². The van der Waals surface area contributed by atoms with E-state index in [-0.39, 0.29) is 0 Å². The third kappa shape index (κ3) is 5.07. The molecule has 0 unspecified atom stereocenters. The Balaban J connectivity index is 2.40. The summed E-state index contributed by atoms with van der Waals surface area (Å²) in [6.45, 7) is 9.13. The summed E-state index contributed by atoms with van der Waals surface area (Å²) in [5.74, 6) is 0.361. The van der Waals surface area contributed by atoms with Crippen molar-refractivity contribution in [3.63, 3.8) is 0 Å². The van der Waals surface area contributed by atoms with Gasteiger partial charge in [0.05, 0.1) is 5.84 Å². The lowest BCUT2D eigenvalue weighted by molar-refractivity contribution is 0.176. The molecule has 0 aromatic rings. The molecule has 0 radical (unpaired) electrons. The Morgan fingerprint density at radius 3 is 2.41 bits per heavy atom. The van der Waals surface area contributed by atoms with E-state index in [9.17, 15) is 0 Å². The lowest BCUT2D eigenvalue weighted by Gasteiger charge is -2.30. The molecule has 100 valence electrons. The summed E-state index contributed by atoms with van der Waals surface area (Å²) in [7, 11) is 0. The highest BCUT2D eigenvalue weighted by atomic mass is 15.2. The predicted molar refractivity (Wildman–Crippen MR) is 74.4 cm³/mol. The molecule has 1 aliphatic rings. The number of nitrogens with one attached hydrogen (secondary N) is 1. The first-order valence-corrected chi connectivity index (χ1v) is 7.06. The first-order chi connectivity index (χ1) is 7.99. The average molecular weight is 239 g/mol. The van der Waals surface area contributed by atoms with Crippen molar-refractivity contribution in [2.24, 2.45) is 11.1 Å². The lowest BCUT2D eigenvalue weighted by Crippen LogP contribution is -2.38. The predicted octanol–water partition coefficient (Wildman–Crippen LogP) is 2.99. The van der Waals surface area contributed by atoms with Gasteiger partial charge in [0.2, 0.25) is 0 Å². The zero-order valence-corrected chi connectivity index (χ0v) is 11.8. The second-order valence-corrected chi connectivity index (χ2v) is 5.97. The summed E-state index contributed by atoms with van der Waals surface area (Å²) in [5.41, 5.74) is 5.91. The van der Waals surface area contributed by atoms with Crippen molar-refractivity contribution in [2.45, 2.75) is 65.3 Å². The van der Waals surface area contributed by atoms with Crippen LogP contribution in [0, 0.1) is 10.8 Å². The van der Waals surface area contributed by atoms with Crippen LogP contribution in [0.15, 0.2) is 0 Å². The third-order valence-corrected chi connectivity index (χ3v) is 3.84. The van der Waals surface area contributed by atoms with Crippen LogP contribution in [0.5, 0.6) is 0 Å². The lowest BCUT2D eigenvalue weighted by atomic mass is 10.00. The van der Waals surface area contributed by atoms with Crippen molar-refractivity contribution < 1.29 is 0 Å². The molecule has 0 aromatic carbocycles. The minimum atomic E-state index is 0.350. The van der Waals surface area contributed by atoms with Crippen LogP contribution in [0.25, 0.3) is 0 Å². The van der Waals surface area contributed by atoms with Crippen LogP contribution < -0.4 is 5.73 Å². The number of unbranched alkanes of at least 4 members (excludes halogenated alkanes) is 2. The monoisotopic (exact) mass is 239 g/mol. The highest BCUT2D eigenvalue weighted by Crippen LogP contribution is 2.49. The third-order valence-electron chi connectivity index (χ3n) is 3.84. The molecule has 0 spiro atoms. The van der Waals surface area contributed by atoms with Crippen LogP contribution in [0.1, 0.15) is 59.3 Å². The van der Waals surface area contributed by atoms with Crippen molar-refractivity contribution in [3.8, 4) is 0 Å². The number of amidine groups is 1. The van der Waals surface area contributed by atoms with Gasteiger partial charge in [-0.05, 0) is 45.1 Å². The molecule has 3 heteroatoms. The van der Waals surface area contributed by atoms with E-state index in [1.165, 1.54) is 38.6 Å². The fourth-order valence-electron chi connectivity index (χ4n) is 2.49. The Bertz CT molecular complexity index is 244. The van der Waals surface area contributed by atoms with Crippen molar-refractivity contribution in [1.82, 2.24) is 4.90 Å². The van der Waals surface area contributed by atoms with Crippen LogP contribution in [0.3, 0.4) is 0 Å². The first-order valence-electron chi connectivity index (χ1n) is 7.06. The van der Waals surface area contributed by atoms with Gasteiger partial charge in [-0.3, -0.25) is 5.41 Å². The molecule has 1 fully saturated rings. The summed E-state index contributed by atoms with van der Waals surface area (Å²) >= 11 is 0. The molecule has 1 aliphatic carbocycles. The smallest absolute Gasteiger partial charge is 0.0911 e. The molecular formula is C14H29N3. The molecule has 0 amide bonds. The summed E-state index contributed by atoms with van der Waals surface area (Å²) in [6.07, 6.45) is 7.20. The summed E-state index contributed by atoms with van der Waals surface area (Å²) in [6, 6.07) is 0.608. The molecule has 0 atom stereocenters. The Labute approximate surface area is 106 Å². The minimum Gasteiger partial charge on any atom is -0.388 e. The Morgan fingerprint density at radius 1 is 1.35 bits per heavy atom.